The number of ketones is 3. The van der Waals surface area contributed by atoms with E-state index in [0.717, 1.165) is 5.56 Å². The van der Waals surface area contributed by atoms with Crippen LogP contribution in [0, 0.1) is 0 Å². The summed E-state index contributed by atoms with van der Waals surface area (Å²) in [4.78, 5) is 40.2. The molecule has 14 heteroatoms. The van der Waals surface area contributed by atoms with Crippen LogP contribution in [0.4, 0.5) is 5.69 Å². The number of nitrogen functional groups attached to an aromatic ring is 1. The SMILES string of the molecule is C.COc1cccc2c1C(=O)c1c(O)c3c(c(O)c1C2=O)C[C@@](O)(C(C)=O)C[C@@H]3OC1CC(NCc2ccccc2N)C(O)C(C)O1.Cl.Cl. The van der Waals surface area contributed by atoms with Gasteiger partial charge in [0.1, 0.15) is 22.8 Å². The van der Waals surface area contributed by atoms with Crippen molar-refractivity contribution >= 4 is 47.9 Å². The highest BCUT2D eigenvalue weighted by Gasteiger charge is 2.49. The molecule has 3 aromatic rings. The minimum absolute atomic E-state index is 0. The quantitative estimate of drug-likeness (QED) is 0.119. The topological polar surface area (TPSA) is 198 Å². The normalized spacial score (nSPS) is 25.4. The van der Waals surface area contributed by atoms with Crippen molar-refractivity contribution in [3.8, 4) is 17.2 Å². The van der Waals surface area contributed by atoms with Crippen LogP contribution in [0.3, 0.4) is 0 Å². The number of aliphatic hydroxyl groups excluding tert-OH is 1. The molecule has 0 saturated carbocycles. The smallest absolute Gasteiger partial charge is 0.202 e. The minimum atomic E-state index is -2.03. The van der Waals surface area contributed by atoms with Gasteiger partial charge < -0.3 is 45.7 Å². The molecule has 6 atom stereocenters. The Balaban J connectivity index is 0.00000217. The number of ether oxygens (including phenoxy) is 3. The van der Waals surface area contributed by atoms with Crippen molar-refractivity contribution in [1.29, 1.82) is 0 Å². The lowest BCUT2D eigenvalue weighted by Gasteiger charge is -2.43. The number of anilines is 1. The fourth-order valence-corrected chi connectivity index (χ4v) is 6.76. The van der Waals surface area contributed by atoms with E-state index in [1.54, 1.807) is 13.0 Å². The summed E-state index contributed by atoms with van der Waals surface area (Å²) in [5.41, 5.74) is 4.43. The molecule has 2 aliphatic carbocycles. The molecule has 0 radical (unpaired) electrons. The number of nitrogens with one attached hydrogen (secondary N) is 1. The van der Waals surface area contributed by atoms with E-state index in [0.29, 0.717) is 12.2 Å². The summed E-state index contributed by atoms with van der Waals surface area (Å²) in [5, 5.41) is 48.9. The molecule has 266 valence electrons. The minimum Gasteiger partial charge on any atom is -0.507 e. The lowest BCUT2D eigenvalue weighted by molar-refractivity contribution is -0.249. The Hall–Kier alpha value is -3.75. The van der Waals surface area contributed by atoms with Crippen LogP contribution < -0.4 is 15.8 Å². The molecule has 49 heavy (non-hydrogen) atoms. The fourth-order valence-electron chi connectivity index (χ4n) is 6.76. The van der Waals surface area contributed by atoms with Crippen LogP contribution >= 0.6 is 24.8 Å². The maximum Gasteiger partial charge on any atom is 0.202 e. The number of hydrogen-bond acceptors (Lipinski definition) is 12. The summed E-state index contributed by atoms with van der Waals surface area (Å²) in [6, 6.07) is 11.3. The van der Waals surface area contributed by atoms with Crippen LogP contribution in [-0.2, 0) is 27.2 Å². The van der Waals surface area contributed by atoms with Crippen molar-refractivity contribution in [3.63, 3.8) is 0 Å². The molecule has 0 spiro atoms. The molecule has 0 bridgehead atoms. The van der Waals surface area contributed by atoms with Crippen molar-refractivity contribution in [1.82, 2.24) is 5.32 Å². The summed E-state index contributed by atoms with van der Waals surface area (Å²) < 4.78 is 17.6. The third-order valence-corrected chi connectivity index (χ3v) is 9.36. The Morgan fingerprint density at radius 3 is 2.37 bits per heavy atom. The summed E-state index contributed by atoms with van der Waals surface area (Å²) in [6.45, 7) is 3.21. The predicted molar refractivity (Wildman–Crippen MR) is 185 cm³/mol. The van der Waals surface area contributed by atoms with Gasteiger partial charge in [0.25, 0.3) is 0 Å². The van der Waals surface area contributed by atoms with E-state index in [1.165, 1.54) is 32.2 Å². The lowest BCUT2D eigenvalue weighted by atomic mass is 9.72. The van der Waals surface area contributed by atoms with Crippen LogP contribution in [0.5, 0.6) is 17.2 Å². The van der Waals surface area contributed by atoms with Gasteiger partial charge in [-0.05, 0) is 31.5 Å². The number of rotatable bonds is 7. The Kier molecular flexibility index (Phi) is 12.2. The maximum atomic E-state index is 13.8. The van der Waals surface area contributed by atoms with Crippen molar-refractivity contribution < 1.29 is 49.0 Å². The van der Waals surface area contributed by atoms with Crippen LogP contribution in [-0.4, -0.2) is 75.0 Å². The van der Waals surface area contributed by atoms with E-state index in [9.17, 15) is 34.8 Å². The number of phenolic OH excluding ortho intramolecular Hbond substituents is 2. The van der Waals surface area contributed by atoms with E-state index < -0.39 is 82.6 Å². The zero-order valence-corrected chi connectivity index (χ0v) is 28.0. The first kappa shape index (κ1) is 39.7. The molecule has 0 aromatic heterocycles. The van der Waals surface area contributed by atoms with Gasteiger partial charge in [0.15, 0.2) is 17.9 Å². The molecule has 1 saturated heterocycles. The Labute approximate surface area is 296 Å². The highest BCUT2D eigenvalue weighted by atomic mass is 35.5. The Bertz CT molecular complexity index is 1770. The highest BCUT2D eigenvalue weighted by molar-refractivity contribution is 6.31. The average Bonchev–Trinajstić information content (AvgIpc) is 3.02. The summed E-state index contributed by atoms with van der Waals surface area (Å²) in [7, 11) is 1.35. The van der Waals surface area contributed by atoms with Gasteiger partial charge in [0, 0.05) is 54.2 Å². The van der Waals surface area contributed by atoms with Gasteiger partial charge in [-0.1, -0.05) is 37.8 Å². The first-order chi connectivity index (χ1) is 21.9. The van der Waals surface area contributed by atoms with Gasteiger partial charge >= 0.3 is 0 Å². The second kappa shape index (κ2) is 15.0. The lowest BCUT2D eigenvalue weighted by Crippen LogP contribution is -2.54. The molecule has 6 rings (SSSR count). The van der Waals surface area contributed by atoms with Crippen LogP contribution in [0.15, 0.2) is 42.5 Å². The zero-order valence-electron chi connectivity index (χ0n) is 26.4. The number of para-hydroxylation sites is 1. The summed E-state index contributed by atoms with van der Waals surface area (Å²) in [5.74, 6) is -3.19. The van der Waals surface area contributed by atoms with E-state index in [-0.39, 0.29) is 73.1 Å². The molecule has 4 unspecified atom stereocenters. The van der Waals surface area contributed by atoms with Crippen LogP contribution in [0.2, 0.25) is 0 Å². The number of phenols is 2. The average molecular weight is 722 g/mol. The van der Waals surface area contributed by atoms with Crippen molar-refractivity contribution in [2.24, 2.45) is 0 Å². The fraction of sp³-hybridized carbons (Fsp3) is 0.400. The standard InChI is InChI=1S/C34H36N2O10.CH4.2ClH/c1-15-29(38)21(36-14-17-7-4-5-9-20(17)35)11-24(45-15)46-23-13-34(43,16(2)37)12-19-26(23)33(42)28-27(31(19)40)30(39)18-8-6-10-22(44-3)25(18)32(28)41;;;/h4-10,15,21,23-24,29,36,38,40,42-43H,11-14,35H2,1-3H3;1H4;2*1H/t15?,21?,23-,24?,29?,34-;;;/m0.../s1. The third kappa shape index (κ3) is 6.74. The molecule has 3 aliphatic rings. The molecular formula is C35H42Cl2N2O10. The highest BCUT2D eigenvalue weighted by Crippen LogP contribution is 2.52. The number of carbonyl (C=O) groups is 3. The van der Waals surface area contributed by atoms with Crippen LogP contribution in [0.1, 0.15) is 88.8 Å². The van der Waals surface area contributed by atoms with Crippen molar-refractivity contribution in [2.75, 3.05) is 12.8 Å². The molecule has 0 amide bonds. The van der Waals surface area contributed by atoms with Gasteiger partial charge in [0.05, 0.1) is 42.1 Å². The van der Waals surface area contributed by atoms with E-state index in [2.05, 4.69) is 5.32 Å². The first-order valence-electron chi connectivity index (χ1n) is 15.0. The molecule has 12 nitrogen and oxygen atoms in total. The van der Waals surface area contributed by atoms with Gasteiger partial charge in [-0.2, -0.15) is 0 Å². The Morgan fingerprint density at radius 1 is 1.04 bits per heavy atom. The molecular weight excluding hydrogens is 679 g/mol. The first-order valence-corrected chi connectivity index (χ1v) is 15.0. The molecule has 1 aliphatic heterocycles. The van der Waals surface area contributed by atoms with Crippen molar-refractivity contribution in [2.45, 2.75) is 83.3 Å². The number of hydrogen-bond donors (Lipinski definition) is 6. The summed E-state index contributed by atoms with van der Waals surface area (Å²) >= 11 is 0. The summed E-state index contributed by atoms with van der Waals surface area (Å²) in [6.07, 6.45) is -4.52. The van der Waals surface area contributed by atoms with E-state index >= 15 is 0 Å². The number of methoxy groups -OCH3 is 1. The van der Waals surface area contributed by atoms with Gasteiger partial charge in [-0.3, -0.25) is 14.4 Å². The predicted octanol–water partition coefficient (Wildman–Crippen LogP) is 3.92. The monoisotopic (exact) mass is 720 g/mol. The number of halogens is 2. The third-order valence-electron chi connectivity index (χ3n) is 9.36. The van der Waals surface area contributed by atoms with Crippen molar-refractivity contribution in [3.05, 3.63) is 81.4 Å². The second-order valence-electron chi connectivity index (χ2n) is 12.2. The number of Topliss-reactive ketones (excluding diaryl/α,β-unsaturated/α-hetero) is 1. The second-order valence-corrected chi connectivity index (χ2v) is 12.2. The van der Waals surface area contributed by atoms with Gasteiger partial charge in [-0.25, -0.2) is 0 Å². The van der Waals surface area contributed by atoms with Crippen LogP contribution in [0.25, 0.3) is 0 Å². The number of nitrogens with two attached hydrogens (primary N) is 1. The molecule has 1 fully saturated rings. The number of carbonyl (C=O) groups excluding carboxylic acids is 3. The van der Waals surface area contributed by atoms with E-state index in [4.69, 9.17) is 19.9 Å². The largest absolute Gasteiger partial charge is 0.507 e. The van der Waals surface area contributed by atoms with E-state index in [1.807, 2.05) is 18.2 Å². The number of aromatic hydroxyl groups is 2. The van der Waals surface area contributed by atoms with Gasteiger partial charge in [-0.15, -0.1) is 24.8 Å². The number of benzene rings is 3. The number of fused-ring (bicyclic) bond motifs is 3. The van der Waals surface area contributed by atoms with Gasteiger partial charge in [0.2, 0.25) is 5.78 Å². The molecule has 1 heterocycles. The zero-order chi connectivity index (χ0) is 33.1. The molecule has 3 aromatic carbocycles. The Morgan fingerprint density at radius 2 is 1.71 bits per heavy atom. The maximum absolute atomic E-state index is 13.8. The number of aliphatic hydroxyl groups is 2. The molecule has 7 N–H and O–H groups in total.